The number of aromatic nitrogens is 5. The van der Waals surface area contributed by atoms with Gasteiger partial charge in [-0.1, -0.05) is 24.3 Å². The first-order chi connectivity index (χ1) is 12.5. The minimum atomic E-state index is -3.85. The van der Waals surface area contributed by atoms with Crippen LogP contribution < -0.4 is 4.72 Å². The van der Waals surface area contributed by atoms with Gasteiger partial charge in [-0.05, 0) is 17.8 Å². The number of rotatable bonds is 5. The van der Waals surface area contributed by atoms with Crippen molar-refractivity contribution in [3.05, 3.63) is 49.2 Å². The maximum Gasteiger partial charge on any atom is 0.278 e. The van der Waals surface area contributed by atoms with E-state index in [9.17, 15) is 13.5 Å². The van der Waals surface area contributed by atoms with Gasteiger partial charge in [0.1, 0.15) is 12.1 Å². The molecule has 4 N–H and O–H groups in total. The number of phenols is 1. The third-order valence-electron chi connectivity index (χ3n) is 3.59. The monoisotopic (exact) mass is 388 g/mol. The summed E-state index contributed by atoms with van der Waals surface area (Å²) in [5.41, 5.74) is 0.329. The number of aromatic amines is 2. The average Bonchev–Trinajstić information content (AvgIpc) is 3.33. The molecule has 0 amide bonds. The summed E-state index contributed by atoms with van der Waals surface area (Å²) in [6, 6.07) is 8.52. The van der Waals surface area contributed by atoms with E-state index in [1.807, 2.05) is 0 Å². The predicted molar refractivity (Wildman–Crippen MR) is 95.5 cm³/mol. The van der Waals surface area contributed by atoms with E-state index in [0.717, 1.165) is 11.8 Å². The Bertz CT molecular complexity index is 1160. The highest BCUT2D eigenvalue weighted by Crippen LogP contribution is 2.41. The van der Waals surface area contributed by atoms with E-state index in [-0.39, 0.29) is 10.8 Å². The van der Waals surface area contributed by atoms with Gasteiger partial charge in [-0.15, -0.1) is 0 Å². The number of benzene rings is 2. The number of hydrogen-bond donors (Lipinski definition) is 4. The van der Waals surface area contributed by atoms with Gasteiger partial charge in [-0.2, -0.15) is 13.5 Å². The van der Waals surface area contributed by atoms with Crippen molar-refractivity contribution in [3.63, 3.8) is 0 Å². The molecule has 0 unspecified atom stereocenters. The number of phenolic OH excluding ortho intramolecular Hbond substituents is 1. The van der Waals surface area contributed by atoms with Gasteiger partial charge < -0.3 is 10.1 Å². The molecule has 0 aliphatic heterocycles. The van der Waals surface area contributed by atoms with Crippen LogP contribution in [0.5, 0.6) is 5.75 Å². The Labute approximate surface area is 152 Å². The molecule has 9 nitrogen and oxygen atoms in total. The number of nitrogens with zero attached hydrogens (tertiary/aromatic N) is 3. The predicted octanol–water partition coefficient (Wildman–Crippen LogP) is 2.34. The molecule has 132 valence electrons. The van der Waals surface area contributed by atoms with Crippen LogP contribution in [-0.4, -0.2) is 38.7 Å². The molecule has 2 aromatic heterocycles. The first-order valence-corrected chi connectivity index (χ1v) is 9.64. The van der Waals surface area contributed by atoms with Crippen LogP contribution in [0.4, 0.5) is 5.69 Å². The van der Waals surface area contributed by atoms with Crippen LogP contribution >= 0.6 is 11.8 Å². The van der Waals surface area contributed by atoms with Crippen LogP contribution in [0.2, 0.25) is 0 Å². The second-order valence-electron chi connectivity index (χ2n) is 5.23. The molecule has 0 spiro atoms. The summed E-state index contributed by atoms with van der Waals surface area (Å²) in [5.74, 6) is 0.0338. The molecular weight excluding hydrogens is 376 g/mol. The number of imidazole rings is 1. The summed E-state index contributed by atoms with van der Waals surface area (Å²) in [6.45, 7) is 0. The van der Waals surface area contributed by atoms with Crippen molar-refractivity contribution >= 4 is 38.2 Å². The van der Waals surface area contributed by atoms with Crippen molar-refractivity contribution in [3.8, 4) is 5.75 Å². The van der Waals surface area contributed by atoms with Gasteiger partial charge in [-0.3, -0.25) is 9.82 Å². The molecule has 2 aromatic carbocycles. The van der Waals surface area contributed by atoms with Crippen LogP contribution in [0.3, 0.4) is 0 Å². The van der Waals surface area contributed by atoms with Gasteiger partial charge in [0.2, 0.25) is 0 Å². The average molecular weight is 388 g/mol. The zero-order chi connectivity index (χ0) is 18.1. The lowest BCUT2D eigenvalue weighted by Crippen LogP contribution is -2.13. The molecule has 0 saturated heterocycles. The Hall–Kier alpha value is -3.05. The van der Waals surface area contributed by atoms with Crippen LogP contribution in [0.25, 0.3) is 10.8 Å². The second-order valence-corrected chi connectivity index (χ2v) is 7.91. The Morgan fingerprint density at radius 1 is 1.19 bits per heavy atom. The van der Waals surface area contributed by atoms with Crippen molar-refractivity contribution in [2.75, 3.05) is 4.72 Å². The summed E-state index contributed by atoms with van der Waals surface area (Å²) >= 11 is 1.14. The summed E-state index contributed by atoms with van der Waals surface area (Å²) in [7, 11) is -3.85. The third-order valence-corrected chi connectivity index (χ3v) is 5.80. The molecule has 0 fully saturated rings. The van der Waals surface area contributed by atoms with Crippen LogP contribution in [0, 0.1) is 0 Å². The first kappa shape index (κ1) is 16.4. The maximum absolute atomic E-state index is 12.5. The molecule has 4 aromatic rings. The highest BCUT2D eigenvalue weighted by Gasteiger charge is 2.20. The lowest BCUT2D eigenvalue weighted by atomic mass is 10.1. The number of nitrogens with one attached hydrogen (secondary N) is 3. The lowest BCUT2D eigenvalue weighted by molar-refractivity contribution is 0.469. The maximum atomic E-state index is 12.5. The molecule has 4 rings (SSSR count). The molecule has 0 bridgehead atoms. The zero-order valence-corrected chi connectivity index (χ0v) is 14.7. The largest absolute Gasteiger partial charge is 0.506 e. The Kier molecular flexibility index (Phi) is 4.01. The van der Waals surface area contributed by atoms with Crippen LogP contribution in [0.15, 0.2) is 64.3 Å². The molecule has 0 aliphatic carbocycles. The number of H-pyrrole nitrogens is 2. The van der Waals surface area contributed by atoms with Gasteiger partial charge in [0.05, 0.1) is 23.1 Å². The highest BCUT2D eigenvalue weighted by atomic mass is 32.2. The van der Waals surface area contributed by atoms with Gasteiger partial charge in [0.15, 0.2) is 10.2 Å². The van der Waals surface area contributed by atoms with Gasteiger partial charge in [0, 0.05) is 10.8 Å². The van der Waals surface area contributed by atoms with Crippen molar-refractivity contribution in [1.82, 2.24) is 25.1 Å². The normalized spacial score (nSPS) is 11.7. The van der Waals surface area contributed by atoms with E-state index in [0.29, 0.717) is 26.5 Å². The molecule has 11 heteroatoms. The molecule has 0 atom stereocenters. The zero-order valence-electron chi connectivity index (χ0n) is 13.0. The van der Waals surface area contributed by atoms with Crippen LogP contribution in [0.1, 0.15) is 0 Å². The summed E-state index contributed by atoms with van der Waals surface area (Å²) < 4.78 is 27.6. The van der Waals surface area contributed by atoms with E-state index in [4.69, 9.17) is 0 Å². The van der Waals surface area contributed by atoms with E-state index in [2.05, 4.69) is 29.9 Å². The van der Waals surface area contributed by atoms with Crippen molar-refractivity contribution in [2.45, 2.75) is 15.1 Å². The molecule has 26 heavy (non-hydrogen) atoms. The Morgan fingerprint density at radius 3 is 2.69 bits per heavy atom. The van der Waals surface area contributed by atoms with Crippen LogP contribution in [-0.2, 0) is 10.0 Å². The summed E-state index contributed by atoms with van der Waals surface area (Å²) in [5, 5.41) is 18.5. The van der Waals surface area contributed by atoms with E-state index in [1.165, 1.54) is 18.9 Å². The number of sulfonamides is 1. The van der Waals surface area contributed by atoms with E-state index >= 15 is 0 Å². The first-order valence-electron chi connectivity index (χ1n) is 7.34. The lowest BCUT2D eigenvalue weighted by Gasteiger charge is -2.13. The smallest absolute Gasteiger partial charge is 0.278 e. The molecular formula is C15H12N6O3S2. The Balaban J connectivity index is 1.84. The number of hydrogen-bond acceptors (Lipinski definition) is 7. The van der Waals surface area contributed by atoms with Crippen molar-refractivity contribution < 1.29 is 13.5 Å². The van der Waals surface area contributed by atoms with Crippen molar-refractivity contribution in [2.24, 2.45) is 0 Å². The number of anilines is 1. The van der Waals surface area contributed by atoms with E-state index in [1.54, 1.807) is 30.3 Å². The van der Waals surface area contributed by atoms with Gasteiger partial charge in [0.25, 0.3) is 10.0 Å². The fourth-order valence-corrected chi connectivity index (χ4v) is 4.20. The molecule has 0 radical (unpaired) electrons. The summed E-state index contributed by atoms with van der Waals surface area (Å²) in [6.07, 6.45) is 3.85. The second kappa shape index (κ2) is 6.35. The minimum Gasteiger partial charge on any atom is -0.506 e. The summed E-state index contributed by atoms with van der Waals surface area (Å²) in [4.78, 5) is 10.7. The standard InChI is InChI=1S/C15H12N6O3S2/c22-14-10-4-2-1-3-9(10)11(5-12(14)25-15-18-8-19-20-15)21-26(23,24)13-6-16-7-17-13/h1-8,21-22H,(H,16,17)(H,18,19,20). The molecule has 0 aliphatic rings. The minimum absolute atomic E-state index is 0.0338. The highest BCUT2D eigenvalue weighted by molar-refractivity contribution is 7.99. The van der Waals surface area contributed by atoms with Crippen molar-refractivity contribution in [1.29, 1.82) is 0 Å². The number of aromatic hydroxyl groups is 1. The topological polar surface area (TPSA) is 137 Å². The molecule has 2 heterocycles. The fourth-order valence-electron chi connectivity index (χ4n) is 2.43. The number of fused-ring (bicyclic) bond motifs is 1. The molecule has 0 saturated carbocycles. The quantitative estimate of drug-likeness (QED) is 0.385. The van der Waals surface area contributed by atoms with Gasteiger partial charge in [-0.25, -0.2) is 9.97 Å². The SMILES string of the molecule is O=S(=O)(Nc1cc(Sc2ncn[nH]2)c(O)c2ccccc12)c1cnc[nH]1. The van der Waals surface area contributed by atoms with E-state index < -0.39 is 10.0 Å². The fraction of sp³-hybridized carbons (Fsp3) is 0. The Morgan fingerprint density at radius 2 is 2.00 bits per heavy atom. The van der Waals surface area contributed by atoms with Gasteiger partial charge >= 0.3 is 0 Å². The third kappa shape index (κ3) is 2.97.